The zero-order valence-electron chi connectivity index (χ0n) is 10.1. The second-order valence-electron chi connectivity index (χ2n) is 4.97. The molecule has 1 heterocycles. The van der Waals surface area contributed by atoms with Gasteiger partial charge >= 0.3 is 0 Å². The highest BCUT2D eigenvalue weighted by atomic mass is 16.6. The highest BCUT2D eigenvalue weighted by Gasteiger charge is 2.34. The first-order valence-corrected chi connectivity index (χ1v) is 6.43. The fraction of sp³-hybridized carbons (Fsp3) is 0.846. The summed E-state index contributed by atoms with van der Waals surface area (Å²) in [7, 11) is 0. The second-order valence-corrected chi connectivity index (χ2v) is 4.97. The van der Waals surface area contributed by atoms with Crippen molar-refractivity contribution in [2.24, 2.45) is 17.8 Å². The van der Waals surface area contributed by atoms with Gasteiger partial charge in [0.2, 0.25) is 0 Å². The maximum atomic E-state index is 8.85. The van der Waals surface area contributed by atoms with Crippen LogP contribution in [-0.4, -0.2) is 49.4 Å². The Labute approximate surface area is 102 Å². The number of fused-ring (bicyclic) bond motifs is 2. The average Bonchev–Trinajstić information content (AvgIpc) is 3.02. The van der Waals surface area contributed by atoms with Crippen LogP contribution in [0.3, 0.4) is 0 Å². The Morgan fingerprint density at radius 2 is 1.94 bits per heavy atom. The van der Waals surface area contributed by atoms with Crippen molar-refractivity contribution in [2.45, 2.75) is 18.9 Å². The van der Waals surface area contributed by atoms with E-state index in [1.54, 1.807) is 0 Å². The lowest BCUT2D eigenvalue weighted by atomic mass is 9.95. The summed E-state index contributed by atoms with van der Waals surface area (Å²) in [6, 6.07) is 0. The molecule has 3 rings (SSSR count). The second kappa shape index (κ2) is 6.50. The predicted molar refractivity (Wildman–Crippen MR) is 63.6 cm³/mol. The molecule has 2 bridgehead atoms. The minimum Gasteiger partial charge on any atom is -0.396 e. The maximum Gasteiger partial charge on any atom is 0.104 e. The minimum atomic E-state index is -0.0799. The van der Waals surface area contributed by atoms with Gasteiger partial charge in [-0.1, -0.05) is 12.2 Å². The molecule has 4 nitrogen and oxygen atoms in total. The number of rotatable bonds is 2. The minimum absolute atomic E-state index is 0.0694. The zero-order chi connectivity index (χ0) is 12.1. The summed E-state index contributed by atoms with van der Waals surface area (Å²) >= 11 is 0. The van der Waals surface area contributed by atoms with E-state index in [2.05, 4.69) is 12.2 Å². The van der Waals surface area contributed by atoms with E-state index in [1.165, 1.54) is 12.8 Å². The van der Waals surface area contributed by atoms with Gasteiger partial charge in [-0.3, -0.25) is 0 Å². The number of hydrogen-bond donors (Lipinski definition) is 2. The summed E-state index contributed by atoms with van der Waals surface area (Å²) in [6.07, 6.45) is 7.04. The molecule has 0 aromatic rings. The number of allylic oxidation sites excluding steroid dienone is 2. The number of hydrogen-bond acceptors (Lipinski definition) is 4. The van der Waals surface area contributed by atoms with Crippen molar-refractivity contribution in [2.75, 3.05) is 33.0 Å². The average molecular weight is 242 g/mol. The van der Waals surface area contributed by atoms with E-state index >= 15 is 0 Å². The van der Waals surface area contributed by atoms with E-state index in [9.17, 15) is 0 Å². The van der Waals surface area contributed by atoms with E-state index in [0.717, 1.165) is 11.8 Å². The summed E-state index contributed by atoms with van der Waals surface area (Å²) in [5.41, 5.74) is 0. The van der Waals surface area contributed by atoms with Crippen LogP contribution in [-0.2, 0) is 9.47 Å². The van der Waals surface area contributed by atoms with Crippen LogP contribution in [0.4, 0.5) is 0 Å². The summed E-state index contributed by atoms with van der Waals surface area (Å²) in [6.45, 7) is 2.28. The monoisotopic (exact) mass is 242 g/mol. The molecule has 4 heteroatoms. The summed E-state index contributed by atoms with van der Waals surface area (Å²) in [4.78, 5) is 0. The molecule has 0 amide bonds. The van der Waals surface area contributed by atoms with Crippen LogP contribution in [0, 0.1) is 17.8 Å². The standard InChI is InChI=1S/C8H12O.C5H10O3/c9-5-8-4-6-1-2-7(8)3-6;6-3-5-4-7-1-2-8-5/h1-2,6-9H,3-5H2;5-6H,1-4H2/t6-,7+,8?;/m0./s1. The van der Waals surface area contributed by atoms with Crippen molar-refractivity contribution in [3.8, 4) is 0 Å². The molecule has 2 aliphatic carbocycles. The van der Waals surface area contributed by atoms with Crippen molar-refractivity contribution in [3.63, 3.8) is 0 Å². The maximum absolute atomic E-state index is 8.85. The molecule has 0 aromatic heterocycles. The van der Waals surface area contributed by atoms with Gasteiger partial charge in [0.05, 0.1) is 26.4 Å². The number of aliphatic hydroxyl groups excluding tert-OH is 2. The molecule has 4 atom stereocenters. The third kappa shape index (κ3) is 3.52. The molecule has 17 heavy (non-hydrogen) atoms. The fourth-order valence-corrected chi connectivity index (χ4v) is 2.75. The van der Waals surface area contributed by atoms with Crippen molar-refractivity contribution in [1.82, 2.24) is 0 Å². The van der Waals surface area contributed by atoms with Gasteiger partial charge in [-0.15, -0.1) is 0 Å². The van der Waals surface area contributed by atoms with Crippen LogP contribution in [0.15, 0.2) is 12.2 Å². The van der Waals surface area contributed by atoms with E-state index in [1.807, 2.05) is 0 Å². The lowest BCUT2D eigenvalue weighted by molar-refractivity contribution is -0.105. The first-order chi connectivity index (χ1) is 8.33. The molecule has 2 fully saturated rings. The molecule has 1 saturated heterocycles. The molecule has 2 unspecified atom stereocenters. The van der Waals surface area contributed by atoms with Gasteiger partial charge in [-0.2, -0.15) is 0 Å². The Kier molecular flexibility index (Phi) is 4.98. The molecular weight excluding hydrogens is 220 g/mol. The van der Waals surface area contributed by atoms with Crippen LogP contribution < -0.4 is 0 Å². The normalized spacial score (nSPS) is 38.9. The van der Waals surface area contributed by atoms with Crippen LogP contribution >= 0.6 is 0 Å². The predicted octanol–water partition coefficient (Wildman–Crippen LogP) is 0.585. The summed E-state index contributed by atoms with van der Waals surface area (Å²) < 4.78 is 10.0. The molecule has 0 spiro atoms. The smallest absolute Gasteiger partial charge is 0.104 e. The Hall–Kier alpha value is -0.420. The molecule has 1 saturated carbocycles. The summed E-state index contributed by atoms with van der Waals surface area (Å²) in [5, 5.41) is 17.3. The molecular formula is C13H22O4. The zero-order valence-corrected chi connectivity index (χ0v) is 10.1. The van der Waals surface area contributed by atoms with Crippen molar-refractivity contribution < 1.29 is 19.7 Å². The first kappa shape index (κ1) is 13.0. The molecule has 2 N–H and O–H groups in total. The third-order valence-corrected chi connectivity index (χ3v) is 3.74. The molecule has 0 aromatic carbocycles. The lowest BCUT2D eigenvalue weighted by Gasteiger charge is -2.20. The molecule has 98 valence electrons. The summed E-state index contributed by atoms with van der Waals surface area (Å²) in [5.74, 6) is 2.13. The van der Waals surface area contributed by atoms with Crippen molar-refractivity contribution >= 4 is 0 Å². The van der Waals surface area contributed by atoms with Crippen LogP contribution in [0.1, 0.15) is 12.8 Å². The Morgan fingerprint density at radius 1 is 1.06 bits per heavy atom. The van der Waals surface area contributed by atoms with Gasteiger partial charge < -0.3 is 19.7 Å². The third-order valence-electron chi connectivity index (χ3n) is 3.74. The van der Waals surface area contributed by atoms with Crippen molar-refractivity contribution in [3.05, 3.63) is 12.2 Å². The first-order valence-electron chi connectivity index (χ1n) is 6.43. The van der Waals surface area contributed by atoms with Gasteiger partial charge in [0.25, 0.3) is 0 Å². The number of ether oxygens (including phenoxy) is 2. The Bertz CT molecular complexity index is 248. The van der Waals surface area contributed by atoms with Crippen LogP contribution in [0.5, 0.6) is 0 Å². The van der Waals surface area contributed by atoms with E-state index in [-0.39, 0.29) is 12.7 Å². The molecule has 3 aliphatic rings. The van der Waals surface area contributed by atoms with Gasteiger partial charge in [0.15, 0.2) is 0 Å². The Morgan fingerprint density at radius 3 is 2.29 bits per heavy atom. The van der Waals surface area contributed by atoms with Crippen LogP contribution in [0.25, 0.3) is 0 Å². The highest BCUT2D eigenvalue weighted by molar-refractivity contribution is 5.09. The van der Waals surface area contributed by atoms with E-state index in [0.29, 0.717) is 32.3 Å². The fourth-order valence-electron chi connectivity index (χ4n) is 2.75. The lowest BCUT2D eigenvalue weighted by Crippen LogP contribution is -2.31. The van der Waals surface area contributed by atoms with Crippen molar-refractivity contribution in [1.29, 1.82) is 0 Å². The quantitative estimate of drug-likeness (QED) is 0.696. The van der Waals surface area contributed by atoms with Gasteiger partial charge in [0.1, 0.15) is 6.10 Å². The van der Waals surface area contributed by atoms with E-state index < -0.39 is 0 Å². The Balaban J connectivity index is 0.000000128. The topological polar surface area (TPSA) is 58.9 Å². The molecule has 1 aliphatic heterocycles. The van der Waals surface area contributed by atoms with Gasteiger partial charge in [0, 0.05) is 6.61 Å². The number of aliphatic hydroxyl groups is 2. The van der Waals surface area contributed by atoms with Gasteiger partial charge in [-0.05, 0) is 30.6 Å². The molecule has 0 radical (unpaired) electrons. The van der Waals surface area contributed by atoms with Crippen LogP contribution in [0.2, 0.25) is 0 Å². The van der Waals surface area contributed by atoms with E-state index in [4.69, 9.17) is 19.7 Å². The van der Waals surface area contributed by atoms with Gasteiger partial charge in [-0.25, -0.2) is 0 Å². The largest absolute Gasteiger partial charge is 0.396 e. The highest BCUT2D eigenvalue weighted by Crippen LogP contribution is 2.42. The SMILES string of the molecule is OCC1COCCO1.OCC1C[C@H]2C=C[C@@H]1C2.